The van der Waals surface area contributed by atoms with Crippen LogP contribution in [0.3, 0.4) is 0 Å². The van der Waals surface area contributed by atoms with Crippen LogP contribution in [-0.4, -0.2) is 43.8 Å². The molecule has 5 rings (SSSR count). The van der Waals surface area contributed by atoms with Crippen molar-refractivity contribution in [3.05, 3.63) is 70.5 Å². The molecule has 2 aliphatic heterocycles. The molecule has 0 fully saturated rings. The number of sulfonamides is 1. The molecular formula is C22H21FN4O3S2. The summed E-state index contributed by atoms with van der Waals surface area (Å²) in [7, 11) is -3.74. The molecule has 1 N–H and O–H groups in total. The number of benzene rings is 2. The molecule has 2 aliphatic rings. The summed E-state index contributed by atoms with van der Waals surface area (Å²) in [4.78, 5) is 20.9. The highest BCUT2D eigenvalue weighted by atomic mass is 32.2. The number of halogens is 1. The number of amides is 1. The topological polar surface area (TPSA) is 82.6 Å². The third-order valence-corrected chi connectivity index (χ3v) is 7.98. The lowest BCUT2D eigenvalue weighted by molar-refractivity contribution is -0.119. The number of carbonyl (C=O) groups is 1. The van der Waals surface area contributed by atoms with Gasteiger partial charge >= 0.3 is 0 Å². The van der Waals surface area contributed by atoms with Gasteiger partial charge in [-0.15, -0.1) is 11.3 Å². The smallest absolute Gasteiger partial charge is 0.263 e. The Hall–Kier alpha value is -2.82. The predicted molar refractivity (Wildman–Crippen MR) is 121 cm³/mol. The van der Waals surface area contributed by atoms with Crippen LogP contribution in [-0.2, 0) is 34.2 Å². The Morgan fingerprint density at radius 1 is 1.09 bits per heavy atom. The lowest BCUT2D eigenvalue weighted by Crippen LogP contribution is -2.41. The molecule has 0 saturated heterocycles. The van der Waals surface area contributed by atoms with Gasteiger partial charge in [0.1, 0.15) is 5.82 Å². The first kappa shape index (κ1) is 21.0. The fourth-order valence-corrected chi connectivity index (χ4v) is 6.09. The van der Waals surface area contributed by atoms with Crippen LogP contribution in [0.25, 0.3) is 0 Å². The van der Waals surface area contributed by atoms with E-state index in [-0.39, 0.29) is 23.2 Å². The Balaban J connectivity index is 1.29. The first-order valence-electron chi connectivity index (χ1n) is 10.2. The van der Waals surface area contributed by atoms with Crippen LogP contribution in [0.5, 0.6) is 0 Å². The van der Waals surface area contributed by atoms with E-state index in [1.165, 1.54) is 29.7 Å². The van der Waals surface area contributed by atoms with Gasteiger partial charge in [0, 0.05) is 36.9 Å². The van der Waals surface area contributed by atoms with Gasteiger partial charge in [-0.3, -0.25) is 14.4 Å². The average molecular weight is 473 g/mol. The summed E-state index contributed by atoms with van der Waals surface area (Å²) in [5, 5.41) is 2.01. The first-order chi connectivity index (χ1) is 15.4. The number of aromatic nitrogens is 1. The molecular weight excluding hydrogens is 451 g/mol. The fraction of sp³-hybridized carbons (Fsp3) is 0.273. The molecule has 0 saturated carbocycles. The molecule has 0 bridgehead atoms. The highest BCUT2D eigenvalue weighted by Crippen LogP contribution is 2.31. The van der Waals surface area contributed by atoms with Crippen molar-refractivity contribution in [3.8, 4) is 0 Å². The minimum Gasteiger partial charge on any atom is -0.311 e. The van der Waals surface area contributed by atoms with Gasteiger partial charge in [0.25, 0.3) is 10.0 Å². The molecule has 0 radical (unpaired) electrons. The minimum absolute atomic E-state index is 0.0416. The lowest BCUT2D eigenvalue weighted by atomic mass is 10.00. The van der Waals surface area contributed by atoms with Crippen LogP contribution in [0.1, 0.15) is 16.7 Å². The first-order valence-corrected chi connectivity index (χ1v) is 12.6. The molecule has 0 aliphatic carbocycles. The van der Waals surface area contributed by atoms with E-state index in [2.05, 4.69) is 9.71 Å². The zero-order valence-corrected chi connectivity index (χ0v) is 18.8. The highest BCUT2D eigenvalue weighted by molar-refractivity contribution is 7.93. The van der Waals surface area contributed by atoms with Crippen molar-refractivity contribution in [1.29, 1.82) is 0 Å². The second kappa shape index (κ2) is 8.27. The second-order valence-electron chi connectivity index (χ2n) is 7.90. The van der Waals surface area contributed by atoms with E-state index in [9.17, 15) is 17.6 Å². The maximum absolute atomic E-state index is 13.6. The molecule has 1 aromatic heterocycles. The number of nitrogens with one attached hydrogen (secondary N) is 1. The number of anilines is 2. The monoisotopic (exact) mass is 472 g/mol. The maximum atomic E-state index is 13.6. The largest absolute Gasteiger partial charge is 0.311 e. The molecule has 0 spiro atoms. The molecule has 3 heterocycles. The normalized spacial score (nSPS) is 16.0. The number of fused-ring (bicyclic) bond motifs is 2. The van der Waals surface area contributed by atoms with Crippen LogP contribution in [0.2, 0.25) is 0 Å². The van der Waals surface area contributed by atoms with Crippen molar-refractivity contribution in [2.75, 3.05) is 29.3 Å². The second-order valence-corrected chi connectivity index (χ2v) is 10.5. The molecule has 2 aromatic carbocycles. The van der Waals surface area contributed by atoms with E-state index in [4.69, 9.17) is 0 Å². The predicted octanol–water partition coefficient (Wildman–Crippen LogP) is 3.03. The summed E-state index contributed by atoms with van der Waals surface area (Å²) in [5.74, 6) is -0.305. The number of hydrogen-bond acceptors (Lipinski definition) is 6. The van der Waals surface area contributed by atoms with Gasteiger partial charge in [0.05, 0.1) is 11.4 Å². The number of carbonyl (C=O) groups excluding carboxylic acids is 1. The molecule has 3 aromatic rings. The SMILES string of the molecule is O=C(CN1CCc2ccc(F)cc2C1)N1CCc2cc(S(=O)(=O)Nc3nccs3)ccc21. The number of nitrogens with zero attached hydrogens (tertiary/aromatic N) is 3. The Labute approximate surface area is 189 Å². The summed E-state index contributed by atoms with van der Waals surface area (Å²) in [6.07, 6.45) is 2.91. The summed E-state index contributed by atoms with van der Waals surface area (Å²) >= 11 is 1.21. The van der Waals surface area contributed by atoms with Crippen molar-refractivity contribution < 1.29 is 17.6 Å². The van der Waals surface area contributed by atoms with Gasteiger partial charge in [-0.25, -0.2) is 17.8 Å². The van der Waals surface area contributed by atoms with Crippen LogP contribution in [0.4, 0.5) is 15.2 Å². The van der Waals surface area contributed by atoms with Crippen molar-refractivity contribution in [2.45, 2.75) is 24.3 Å². The summed E-state index contributed by atoms with van der Waals surface area (Å²) < 4.78 is 41.3. The van der Waals surface area contributed by atoms with E-state index in [0.29, 0.717) is 24.6 Å². The molecule has 0 unspecified atom stereocenters. The van der Waals surface area contributed by atoms with E-state index in [1.807, 2.05) is 11.0 Å². The van der Waals surface area contributed by atoms with Crippen LogP contribution < -0.4 is 9.62 Å². The standard InChI is InChI=1S/C22H21FN4O3S2/c23-18-2-1-15-5-8-26(13-17(15)11-18)14-21(28)27-9-6-16-12-19(3-4-20(16)27)32(29,30)25-22-24-7-10-31-22/h1-4,7,10-12H,5-6,8-9,13-14H2,(H,24,25). The lowest BCUT2D eigenvalue weighted by Gasteiger charge is -2.30. The van der Waals surface area contributed by atoms with Crippen molar-refractivity contribution >= 4 is 38.1 Å². The quantitative estimate of drug-likeness (QED) is 0.617. The van der Waals surface area contributed by atoms with Gasteiger partial charge in [0.2, 0.25) is 5.91 Å². The third-order valence-electron chi connectivity index (χ3n) is 5.83. The summed E-state index contributed by atoms with van der Waals surface area (Å²) in [6.45, 7) is 2.03. The number of hydrogen-bond donors (Lipinski definition) is 1. The summed E-state index contributed by atoms with van der Waals surface area (Å²) in [6, 6.07) is 9.66. The Morgan fingerprint density at radius 3 is 2.75 bits per heavy atom. The molecule has 10 heteroatoms. The molecule has 0 atom stereocenters. The Kier molecular flexibility index (Phi) is 5.44. The van der Waals surface area contributed by atoms with Crippen LogP contribution >= 0.6 is 11.3 Å². The van der Waals surface area contributed by atoms with Gasteiger partial charge in [0.15, 0.2) is 5.13 Å². The van der Waals surface area contributed by atoms with Crippen LogP contribution in [0.15, 0.2) is 52.9 Å². The van der Waals surface area contributed by atoms with E-state index >= 15 is 0 Å². The zero-order valence-electron chi connectivity index (χ0n) is 17.1. The Bertz CT molecular complexity index is 1280. The minimum atomic E-state index is -3.74. The Morgan fingerprint density at radius 2 is 1.94 bits per heavy atom. The zero-order chi connectivity index (χ0) is 22.3. The molecule has 1 amide bonds. The van der Waals surface area contributed by atoms with Crippen LogP contribution in [0, 0.1) is 5.82 Å². The maximum Gasteiger partial charge on any atom is 0.263 e. The molecule has 166 valence electrons. The average Bonchev–Trinajstić information content (AvgIpc) is 3.42. The summed E-state index contributed by atoms with van der Waals surface area (Å²) in [5.41, 5.74) is 3.62. The molecule has 32 heavy (non-hydrogen) atoms. The van der Waals surface area contributed by atoms with Gasteiger partial charge < -0.3 is 4.90 Å². The van der Waals surface area contributed by atoms with Crippen molar-refractivity contribution in [3.63, 3.8) is 0 Å². The van der Waals surface area contributed by atoms with Gasteiger partial charge in [-0.1, -0.05) is 6.07 Å². The third kappa shape index (κ3) is 4.13. The van der Waals surface area contributed by atoms with Gasteiger partial charge in [-0.2, -0.15) is 0 Å². The van der Waals surface area contributed by atoms with Crippen molar-refractivity contribution in [1.82, 2.24) is 9.88 Å². The molecule has 7 nitrogen and oxygen atoms in total. The number of thiazole rings is 1. The van der Waals surface area contributed by atoms with E-state index < -0.39 is 10.0 Å². The fourth-order valence-electron chi connectivity index (χ4n) is 4.25. The van der Waals surface area contributed by atoms with Gasteiger partial charge in [-0.05, 0) is 59.9 Å². The number of rotatable bonds is 5. The van der Waals surface area contributed by atoms with Crippen molar-refractivity contribution in [2.24, 2.45) is 0 Å². The van der Waals surface area contributed by atoms with E-state index in [1.54, 1.807) is 28.5 Å². The highest BCUT2D eigenvalue weighted by Gasteiger charge is 2.29. The van der Waals surface area contributed by atoms with E-state index in [0.717, 1.165) is 35.3 Å².